The summed E-state index contributed by atoms with van der Waals surface area (Å²) in [7, 11) is -1.22. The molecule has 0 radical (unpaired) electrons. The number of anilines is 1. The second-order valence-electron chi connectivity index (χ2n) is 4.92. The van der Waals surface area contributed by atoms with Crippen LogP contribution in [0.3, 0.4) is 0 Å². The van der Waals surface area contributed by atoms with Gasteiger partial charge in [0.2, 0.25) is 0 Å². The molecule has 2 N–H and O–H groups in total. The summed E-state index contributed by atoms with van der Waals surface area (Å²) in [5, 5.41) is -0.358. The molecule has 3 rings (SSSR count). The molecule has 0 unspecified atom stereocenters. The van der Waals surface area contributed by atoms with E-state index in [2.05, 4.69) is 14.7 Å². The van der Waals surface area contributed by atoms with E-state index in [4.69, 9.17) is 0 Å². The highest BCUT2D eigenvalue weighted by molar-refractivity contribution is 7.92. The van der Waals surface area contributed by atoms with Gasteiger partial charge in [0, 0.05) is 19.8 Å². The van der Waals surface area contributed by atoms with Crippen molar-refractivity contribution in [3.63, 3.8) is 0 Å². The van der Waals surface area contributed by atoms with E-state index in [1.54, 1.807) is 30.3 Å². The van der Waals surface area contributed by atoms with Crippen molar-refractivity contribution in [3.05, 3.63) is 51.2 Å². The van der Waals surface area contributed by atoms with Crippen molar-refractivity contribution in [2.75, 3.05) is 4.72 Å². The molecule has 0 amide bonds. The van der Waals surface area contributed by atoms with E-state index < -0.39 is 21.3 Å². The van der Waals surface area contributed by atoms with Gasteiger partial charge in [0.25, 0.3) is 20.7 Å². The molecule has 3 aromatic rings. The van der Waals surface area contributed by atoms with Crippen molar-refractivity contribution in [1.29, 1.82) is 0 Å². The molecule has 0 saturated carbocycles. The molecular weight excluding hydrogens is 322 g/mol. The number of hydrogen-bond acceptors (Lipinski definition) is 5. The smallest absolute Gasteiger partial charge is 0.310 e. The third kappa shape index (κ3) is 2.42. The summed E-state index contributed by atoms with van der Waals surface area (Å²) in [5.74, 6) is 0. The quantitative estimate of drug-likeness (QED) is 0.685. The van der Waals surface area contributed by atoms with E-state index in [9.17, 15) is 18.0 Å². The number of aromatic nitrogens is 4. The average Bonchev–Trinajstić information content (AvgIpc) is 2.84. The number of sulfonamides is 1. The Balaban J connectivity index is 2.23. The number of nitrogens with one attached hydrogen (secondary N) is 2. The van der Waals surface area contributed by atoms with Gasteiger partial charge in [-0.1, -0.05) is 18.2 Å². The zero-order chi connectivity index (χ0) is 16.8. The second-order valence-corrected chi connectivity index (χ2v) is 6.49. The van der Waals surface area contributed by atoms with Crippen molar-refractivity contribution < 1.29 is 8.42 Å². The van der Waals surface area contributed by atoms with E-state index in [-0.39, 0.29) is 16.3 Å². The number of aromatic amines is 1. The Labute approximate surface area is 130 Å². The third-order valence-corrected chi connectivity index (χ3v) is 4.71. The van der Waals surface area contributed by atoms with Gasteiger partial charge in [-0.05, 0) is 12.1 Å². The first kappa shape index (κ1) is 15.0. The lowest BCUT2D eigenvalue weighted by atomic mass is 10.3. The van der Waals surface area contributed by atoms with Crippen LogP contribution in [0, 0.1) is 0 Å². The van der Waals surface area contributed by atoms with Crippen LogP contribution in [0.2, 0.25) is 0 Å². The molecule has 23 heavy (non-hydrogen) atoms. The van der Waals surface area contributed by atoms with E-state index in [1.807, 2.05) is 0 Å². The van der Waals surface area contributed by atoms with Crippen LogP contribution in [0.25, 0.3) is 11.2 Å². The summed E-state index contributed by atoms with van der Waals surface area (Å²) in [4.78, 5) is 29.6. The van der Waals surface area contributed by atoms with Gasteiger partial charge in [-0.25, -0.2) is 4.79 Å². The number of H-pyrrole nitrogens is 1. The van der Waals surface area contributed by atoms with Gasteiger partial charge in [0.05, 0.1) is 0 Å². The predicted molar refractivity (Wildman–Crippen MR) is 83.8 cm³/mol. The van der Waals surface area contributed by atoms with Crippen molar-refractivity contribution in [2.45, 2.75) is 5.16 Å². The molecule has 0 aliphatic carbocycles. The minimum Gasteiger partial charge on any atom is -0.310 e. The van der Waals surface area contributed by atoms with Crippen LogP contribution in [-0.4, -0.2) is 27.5 Å². The molecule has 10 heteroatoms. The maximum Gasteiger partial charge on any atom is 0.329 e. The van der Waals surface area contributed by atoms with E-state index in [0.29, 0.717) is 5.69 Å². The highest BCUT2D eigenvalue weighted by atomic mass is 32.2. The number of fused-ring (bicyclic) bond motifs is 1. The fourth-order valence-corrected chi connectivity index (χ4v) is 3.43. The molecule has 0 bridgehead atoms. The first-order valence-corrected chi connectivity index (χ1v) is 8.03. The van der Waals surface area contributed by atoms with Crippen LogP contribution < -0.4 is 16.0 Å². The minimum absolute atomic E-state index is 0.000497. The lowest BCUT2D eigenvalue weighted by molar-refractivity contribution is 0.586. The van der Waals surface area contributed by atoms with Gasteiger partial charge in [-0.3, -0.25) is 19.1 Å². The third-order valence-electron chi connectivity index (χ3n) is 3.36. The summed E-state index contributed by atoms with van der Waals surface area (Å²) in [6.45, 7) is 0. The maximum atomic E-state index is 12.5. The van der Waals surface area contributed by atoms with Crippen molar-refractivity contribution in [1.82, 2.24) is 19.1 Å². The number of para-hydroxylation sites is 1. The number of rotatable bonds is 3. The van der Waals surface area contributed by atoms with E-state index in [1.165, 1.54) is 14.1 Å². The van der Waals surface area contributed by atoms with Crippen molar-refractivity contribution >= 4 is 26.9 Å². The lowest BCUT2D eigenvalue weighted by Crippen LogP contribution is -2.29. The van der Waals surface area contributed by atoms with Gasteiger partial charge in [-0.15, -0.1) is 0 Å². The van der Waals surface area contributed by atoms with Gasteiger partial charge in [0.1, 0.15) is 0 Å². The summed E-state index contributed by atoms with van der Waals surface area (Å²) in [6, 6.07) is 8.29. The largest absolute Gasteiger partial charge is 0.329 e. The topological polar surface area (TPSA) is 119 Å². The first-order chi connectivity index (χ1) is 10.8. The highest BCUT2D eigenvalue weighted by Crippen LogP contribution is 2.17. The number of aryl methyl sites for hydroxylation is 2. The van der Waals surface area contributed by atoms with Gasteiger partial charge < -0.3 is 4.57 Å². The number of hydrogen-bond donors (Lipinski definition) is 2. The molecule has 0 aliphatic rings. The number of nitrogens with zero attached hydrogens (tertiary/aromatic N) is 3. The first-order valence-electron chi connectivity index (χ1n) is 6.55. The average molecular weight is 335 g/mol. The van der Waals surface area contributed by atoms with Crippen LogP contribution in [-0.2, 0) is 24.1 Å². The summed E-state index contributed by atoms with van der Waals surface area (Å²) in [5.41, 5.74) is -1.00. The molecule has 0 fully saturated rings. The molecule has 0 spiro atoms. The summed E-state index contributed by atoms with van der Waals surface area (Å²) in [6.07, 6.45) is 0. The molecule has 0 aliphatic heterocycles. The molecule has 2 aromatic heterocycles. The van der Waals surface area contributed by atoms with Crippen molar-refractivity contribution in [2.24, 2.45) is 14.1 Å². The fraction of sp³-hybridized carbons (Fsp3) is 0.154. The van der Waals surface area contributed by atoms with Crippen LogP contribution >= 0.6 is 0 Å². The maximum absolute atomic E-state index is 12.5. The normalized spacial score (nSPS) is 11.7. The molecule has 9 nitrogen and oxygen atoms in total. The SMILES string of the molecule is Cn1c(S(=O)(=O)Nc2ccccc2)nc2c1c(=O)[nH]c(=O)n2C. The van der Waals surface area contributed by atoms with Crippen molar-refractivity contribution in [3.8, 4) is 0 Å². The van der Waals surface area contributed by atoms with Gasteiger partial charge >= 0.3 is 5.69 Å². The molecular formula is C13H13N5O4S. The fourth-order valence-electron chi connectivity index (χ4n) is 2.24. The molecule has 120 valence electrons. The second kappa shape index (κ2) is 5.09. The Morgan fingerprint density at radius 2 is 1.74 bits per heavy atom. The highest BCUT2D eigenvalue weighted by Gasteiger charge is 2.25. The Kier molecular flexibility index (Phi) is 3.33. The summed E-state index contributed by atoms with van der Waals surface area (Å²) >= 11 is 0. The Hall–Kier alpha value is -2.88. The molecule has 2 heterocycles. The molecule has 0 saturated heterocycles. The van der Waals surface area contributed by atoms with E-state index in [0.717, 1.165) is 9.13 Å². The standard InChI is InChI=1S/C13H13N5O4S/c1-17-9-10(18(2)12(20)15-11(9)19)14-13(17)23(21,22)16-8-6-4-3-5-7-8/h3-7,16H,1-2H3,(H,15,19,20). The summed E-state index contributed by atoms with van der Waals surface area (Å²) < 4.78 is 29.6. The van der Waals surface area contributed by atoms with Crippen LogP contribution in [0.4, 0.5) is 5.69 Å². The Morgan fingerprint density at radius 1 is 1.09 bits per heavy atom. The van der Waals surface area contributed by atoms with Crippen LogP contribution in [0.5, 0.6) is 0 Å². The Bertz CT molecular complexity index is 1110. The predicted octanol–water partition coefficient (Wildman–Crippen LogP) is -0.239. The zero-order valence-electron chi connectivity index (χ0n) is 12.3. The monoisotopic (exact) mass is 335 g/mol. The van der Waals surface area contributed by atoms with Gasteiger partial charge in [-0.2, -0.15) is 13.4 Å². The number of benzene rings is 1. The van der Waals surface area contributed by atoms with Gasteiger partial charge in [0.15, 0.2) is 11.2 Å². The van der Waals surface area contributed by atoms with Crippen LogP contribution in [0.1, 0.15) is 0 Å². The minimum atomic E-state index is -4.02. The van der Waals surface area contributed by atoms with Crippen LogP contribution in [0.15, 0.2) is 45.1 Å². The lowest BCUT2D eigenvalue weighted by Gasteiger charge is -2.07. The molecule has 0 atom stereocenters. The zero-order valence-corrected chi connectivity index (χ0v) is 13.1. The Morgan fingerprint density at radius 3 is 2.39 bits per heavy atom. The molecule has 1 aromatic carbocycles. The number of imidazole rings is 1. The van der Waals surface area contributed by atoms with E-state index >= 15 is 0 Å².